The molecule has 0 saturated heterocycles. The van der Waals surface area contributed by atoms with Gasteiger partial charge in [-0.3, -0.25) is 25.4 Å². The number of carbonyl (C=O) groups is 3. The highest BCUT2D eigenvalue weighted by molar-refractivity contribution is 5.96. The molecule has 0 atom stereocenters. The zero-order chi connectivity index (χ0) is 18.4. The zero-order valence-corrected chi connectivity index (χ0v) is 13.5. The van der Waals surface area contributed by atoms with Crippen molar-refractivity contribution in [2.45, 2.75) is 0 Å². The summed E-state index contributed by atoms with van der Waals surface area (Å²) in [7, 11) is 0. The summed E-state index contributed by atoms with van der Waals surface area (Å²) in [6, 6.07) is 15.4. The summed E-state index contributed by atoms with van der Waals surface area (Å²) in [4.78, 5) is 43.7. The lowest BCUT2D eigenvalue weighted by molar-refractivity contribution is -0.125. The van der Waals surface area contributed by atoms with Crippen LogP contribution in [0.1, 0.15) is 20.8 Å². The Morgan fingerprint density at radius 3 is 2.35 bits per heavy atom. The molecule has 0 aliphatic rings. The molecule has 0 saturated carbocycles. The maximum Gasteiger partial charge on any atom is 0.359 e. The first-order valence-electron chi connectivity index (χ1n) is 7.66. The Balaban J connectivity index is 1.50. The molecular weight excluding hydrogens is 336 g/mol. The number of amides is 2. The number of hydrogen-bond acceptors (Lipinski definition) is 6. The summed E-state index contributed by atoms with van der Waals surface area (Å²) >= 11 is 0. The van der Waals surface area contributed by atoms with Crippen LogP contribution in [-0.2, 0) is 9.53 Å². The third-order valence-corrected chi connectivity index (χ3v) is 3.34. The molecule has 0 fully saturated rings. The average Bonchev–Trinajstić information content (AvgIpc) is 2.70. The molecule has 130 valence electrons. The average molecular weight is 350 g/mol. The lowest BCUT2D eigenvalue weighted by Crippen LogP contribution is -2.43. The molecule has 3 rings (SSSR count). The number of rotatable bonds is 4. The molecule has 2 N–H and O–H groups in total. The number of nitrogens with one attached hydrogen (secondary N) is 2. The van der Waals surface area contributed by atoms with Crippen LogP contribution in [0, 0.1) is 0 Å². The topological polar surface area (TPSA) is 110 Å². The SMILES string of the molecule is O=C(COC(=O)c1cnc2ccccc2n1)NNC(=O)c1ccccc1. The van der Waals surface area contributed by atoms with Gasteiger partial charge in [0.15, 0.2) is 12.3 Å². The number of carbonyl (C=O) groups excluding carboxylic acids is 3. The third-order valence-electron chi connectivity index (χ3n) is 3.34. The second-order valence-electron chi connectivity index (χ2n) is 5.19. The number of nitrogens with zero attached hydrogens (tertiary/aromatic N) is 2. The van der Waals surface area contributed by atoms with Crippen LogP contribution in [0.2, 0.25) is 0 Å². The van der Waals surface area contributed by atoms with Gasteiger partial charge < -0.3 is 4.74 Å². The van der Waals surface area contributed by atoms with Crippen molar-refractivity contribution >= 4 is 28.8 Å². The van der Waals surface area contributed by atoms with Crippen molar-refractivity contribution in [3.63, 3.8) is 0 Å². The highest BCUT2D eigenvalue weighted by atomic mass is 16.5. The van der Waals surface area contributed by atoms with Gasteiger partial charge >= 0.3 is 5.97 Å². The van der Waals surface area contributed by atoms with E-state index in [0.717, 1.165) is 0 Å². The second-order valence-corrected chi connectivity index (χ2v) is 5.19. The quantitative estimate of drug-likeness (QED) is 0.541. The van der Waals surface area contributed by atoms with Gasteiger partial charge in [0.2, 0.25) is 0 Å². The fourth-order valence-corrected chi connectivity index (χ4v) is 2.08. The first kappa shape index (κ1) is 17.0. The van der Waals surface area contributed by atoms with E-state index in [-0.39, 0.29) is 5.69 Å². The Labute approximate surface area is 148 Å². The minimum atomic E-state index is -0.784. The summed E-state index contributed by atoms with van der Waals surface area (Å²) < 4.78 is 4.87. The van der Waals surface area contributed by atoms with Gasteiger partial charge in [-0.1, -0.05) is 30.3 Å². The van der Waals surface area contributed by atoms with Crippen molar-refractivity contribution in [1.29, 1.82) is 0 Å². The number of hydrogen-bond donors (Lipinski definition) is 2. The van der Waals surface area contributed by atoms with Crippen LogP contribution in [0.15, 0.2) is 60.8 Å². The standard InChI is InChI=1S/C18H14N4O4/c23-16(21-22-17(24)12-6-2-1-3-7-12)11-26-18(25)15-10-19-13-8-4-5-9-14(13)20-15/h1-10H,11H2,(H,21,23)(H,22,24). The molecule has 2 aromatic carbocycles. The Morgan fingerprint density at radius 1 is 0.885 bits per heavy atom. The maximum absolute atomic E-state index is 12.0. The van der Waals surface area contributed by atoms with Crippen LogP contribution in [0.25, 0.3) is 11.0 Å². The molecule has 0 spiro atoms. The van der Waals surface area contributed by atoms with Gasteiger partial charge in [0, 0.05) is 5.56 Å². The van der Waals surface area contributed by atoms with E-state index in [1.807, 2.05) is 6.07 Å². The lowest BCUT2D eigenvalue weighted by atomic mass is 10.2. The Kier molecular flexibility index (Phi) is 5.14. The van der Waals surface area contributed by atoms with Crippen LogP contribution < -0.4 is 10.9 Å². The fraction of sp³-hybridized carbons (Fsp3) is 0.0556. The van der Waals surface area contributed by atoms with Crippen molar-refractivity contribution in [2.24, 2.45) is 0 Å². The van der Waals surface area contributed by atoms with Crippen molar-refractivity contribution in [1.82, 2.24) is 20.8 Å². The van der Waals surface area contributed by atoms with Gasteiger partial charge in [-0.15, -0.1) is 0 Å². The Bertz CT molecular complexity index is 960. The van der Waals surface area contributed by atoms with Gasteiger partial charge in [-0.05, 0) is 24.3 Å². The first-order chi connectivity index (χ1) is 12.6. The summed E-state index contributed by atoms with van der Waals surface area (Å²) in [6.07, 6.45) is 1.28. The number of hydrazine groups is 1. The van der Waals surface area contributed by atoms with E-state index < -0.39 is 24.4 Å². The van der Waals surface area contributed by atoms with E-state index in [2.05, 4.69) is 20.8 Å². The molecule has 8 heteroatoms. The van der Waals surface area contributed by atoms with Crippen LogP contribution >= 0.6 is 0 Å². The molecular formula is C18H14N4O4. The monoisotopic (exact) mass is 350 g/mol. The van der Waals surface area contributed by atoms with Crippen molar-refractivity contribution in [3.8, 4) is 0 Å². The van der Waals surface area contributed by atoms with Crippen LogP contribution in [0.3, 0.4) is 0 Å². The van der Waals surface area contributed by atoms with Gasteiger partial charge in [0.25, 0.3) is 11.8 Å². The second kappa shape index (κ2) is 7.84. The maximum atomic E-state index is 12.0. The van der Waals surface area contributed by atoms with E-state index in [4.69, 9.17) is 4.74 Å². The number of aromatic nitrogens is 2. The largest absolute Gasteiger partial charge is 0.451 e. The van der Waals surface area contributed by atoms with Gasteiger partial charge in [-0.2, -0.15) is 0 Å². The fourth-order valence-electron chi connectivity index (χ4n) is 2.08. The molecule has 1 aromatic heterocycles. The van der Waals surface area contributed by atoms with E-state index in [1.54, 1.807) is 48.5 Å². The minimum Gasteiger partial charge on any atom is -0.451 e. The van der Waals surface area contributed by atoms with Crippen molar-refractivity contribution in [3.05, 3.63) is 72.1 Å². The minimum absolute atomic E-state index is 0.00942. The number of fused-ring (bicyclic) bond motifs is 1. The number of esters is 1. The van der Waals surface area contributed by atoms with E-state index in [0.29, 0.717) is 16.6 Å². The third kappa shape index (κ3) is 4.18. The molecule has 0 aliphatic heterocycles. The predicted molar refractivity (Wildman–Crippen MR) is 91.9 cm³/mol. The molecule has 0 bridgehead atoms. The van der Waals surface area contributed by atoms with Gasteiger partial charge in [-0.25, -0.2) is 9.78 Å². The summed E-state index contributed by atoms with van der Waals surface area (Å²) in [6.45, 7) is -0.567. The number of ether oxygens (including phenoxy) is 1. The van der Waals surface area contributed by atoms with Crippen LogP contribution in [-0.4, -0.2) is 34.4 Å². The molecule has 2 amide bonds. The smallest absolute Gasteiger partial charge is 0.359 e. The van der Waals surface area contributed by atoms with E-state index >= 15 is 0 Å². The molecule has 0 radical (unpaired) electrons. The summed E-state index contributed by atoms with van der Waals surface area (Å²) in [5, 5.41) is 0. The zero-order valence-electron chi connectivity index (χ0n) is 13.5. The highest BCUT2D eigenvalue weighted by Crippen LogP contribution is 2.09. The Hall–Kier alpha value is -3.81. The molecule has 0 unspecified atom stereocenters. The number of para-hydroxylation sites is 2. The Morgan fingerprint density at radius 2 is 1.58 bits per heavy atom. The van der Waals surface area contributed by atoms with Crippen LogP contribution in [0.4, 0.5) is 0 Å². The van der Waals surface area contributed by atoms with E-state index in [9.17, 15) is 14.4 Å². The molecule has 26 heavy (non-hydrogen) atoms. The van der Waals surface area contributed by atoms with Gasteiger partial charge in [0.05, 0.1) is 17.2 Å². The summed E-state index contributed by atoms with van der Waals surface area (Å²) in [5.41, 5.74) is 5.96. The van der Waals surface area contributed by atoms with Crippen molar-refractivity contribution in [2.75, 3.05) is 6.61 Å². The normalized spacial score (nSPS) is 10.2. The van der Waals surface area contributed by atoms with Crippen molar-refractivity contribution < 1.29 is 19.1 Å². The highest BCUT2D eigenvalue weighted by Gasteiger charge is 2.13. The molecule has 0 aliphatic carbocycles. The lowest BCUT2D eigenvalue weighted by Gasteiger charge is -2.08. The van der Waals surface area contributed by atoms with Crippen LogP contribution in [0.5, 0.6) is 0 Å². The molecule has 1 heterocycles. The van der Waals surface area contributed by atoms with Gasteiger partial charge in [0.1, 0.15) is 0 Å². The number of benzene rings is 2. The molecule has 8 nitrogen and oxygen atoms in total. The first-order valence-corrected chi connectivity index (χ1v) is 7.66. The van der Waals surface area contributed by atoms with E-state index in [1.165, 1.54) is 6.20 Å². The summed E-state index contributed by atoms with van der Waals surface area (Å²) in [5.74, 6) is -1.95. The molecule has 3 aromatic rings. The predicted octanol–water partition coefficient (Wildman–Crippen LogP) is 1.25.